The largest absolute Gasteiger partial charge is 0.376 e. The van der Waals surface area contributed by atoms with Crippen LogP contribution in [-0.2, 0) is 9.53 Å². The molecule has 1 saturated heterocycles. The summed E-state index contributed by atoms with van der Waals surface area (Å²) in [6.07, 6.45) is 1.61. The molecule has 0 radical (unpaired) electrons. The molecule has 0 bridgehead atoms. The molecule has 164 valence electrons. The van der Waals surface area contributed by atoms with E-state index >= 15 is 0 Å². The third-order valence-corrected chi connectivity index (χ3v) is 5.59. The van der Waals surface area contributed by atoms with Crippen LogP contribution in [-0.4, -0.2) is 47.4 Å². The van der Waals surface area contributed by atoms with Crippen molar-refractivity contribution in [2.45, 2.75) is 39.7 Å². The maximum atomic E-state index is 13.2. The summed E-state index contributed by atoms with van der Waals surface area (Å²) in [4.78, 5) is 38.0. The Morgan fingerprint density at radius 1 is 1.19 bits per heavy atom. The summed E-state index contributed by atoms with van der Waals surface area (Å²) >= 11 is 0. The van der Waals surface area contributed by atoms with Gasteiger partial charge in [0.15, 0.2) is 0 Å². The van der Waals surface area contributed by atoms with Crippen molar-refractivity contribution in [1.29, 1.82) is 0 Å². The minimum atomic E-state index is -0.481. The van der Waals surface area contributed by atoms with Gasteiger partial charge >= 0.3 is 0 Å². The van der Waals surface area contributed by atoms with Crippen molar-refractivity contribution < 1.29 is 19.2 Å². The van der Waals surface area contributed by atoms with Gasteiger partial charge in [-0.2, -0.15) is 0 Å². The van der Waals surface area contributed by atoms with E-state index in [2.05, 4.69) is 5.32 Å². The number of hydrogen-bond donors (Lipinski definition) is 1. The van der Waals surface area contributed by atoms with Gasteiger partial charge in [0.2, 0.25) is 5.91 Å². The van der Waals surface area contributed by atoms with Gasteiger partial charge in [0.1, 0.15) is 6.54 Å². The van der Waals surface area contributed by atoms with Gasteiger partial charge in [-0.25, -0.2) is 0 Å². The van der Waals surface area contributed by atoms with Gasteiger partial charge in [-0.3, -0.25) is 19.7 Å². The Balaban J connectivity index is 1.79. The summed E-state index contributed by atoms with van der Waals surface area (Å²) in [5.74, 6) is -0.664. The predicted molar refractivity (Wildman–Crippen MR) is 117 cm³/mol. The van der Waals surface area contributed by atoms with Gasteiger partial charge in [-0.15, -0.1) is 0 Å². The van der Waals surface area contributed by atoms with E-state index in [4.69, 9.17) is 4.74 Å². The molecule has 1 N–H and O–H groups in total. The van der Waals surface area contributed by atoms with Crippen molar-refractivity contribution >= 4 is 23.2 Å². The second-order valence-electron chi connectivity index (χ2n) is 7.87. The fraction of sp³-hybridized carbons (Fsp3) is 0.391. The number of aryl methyl sites for hydroxylation is 2. The van der Waals surface area contributed by atoms with Crippen LogP contribution in [0.3, 0.4) is 0 Å². The number of rotatable bonds is 7. The minimum absolute atomic E-state index is 0.0464. The highest BCUT2D eigenvalue weighted by Crippen LogP contribution is 2.22. The van der Waals surface area contributed by atoms with Gasteiger partial charge in [-0.05, 0) is 62.9 Å². The van der Waals surface area contributed by atoms with Gasteiger partial charge < -0.3 is 15.0 Å². The summed E-state index contributed by atoms with van der Waals surface area (Å²) in [5, 5.41) is 14.0. The molecule has 2 aromatic rings. The van der Waals surface area contributed by atoms with Crippen LogP contribution >= 0.6 is 0 Å². The van der Waals surface area contributed by atoms with Crippen molar-refractivity contribution in [3.8, 4) is 0 Å². The number of amides is 2. The smallest absolute Gasteiger partial charge is 0.272 e. The zero-order valence-corrected chi connectivity index (χ0v) is 18.0. The highest BCUT2D eigenvalue weighted by Gasteiger charge is 2.26. The monoisotopic (exact) mass is 425 g/mol. The minimum Gasteiger partial charge on any atom is -0.376 e. The molecule has 1 fully saturated rings. The molecule has 1 atom stereocenters. The predicted octanol–water partition coefficient (Wildman–Crippen LogP) is 3.78. The number of anilines is 1. The molecule has 8 nitrogen and oxygen atoms in total. The van der Waals surface area contributed by atoms with E-state index in [1.807, 2.05) is 32.0 Å². The number of nitro benzene ring substituents is 1. The average Bonchev–Trinajstić information content (AvgIpc) is 3.23. The molecule has 8 heteroatoms. The van der Waals surface area contributed by atoms with Crippen LogP contribution in [0.25, 0.3) is 0 Å². The Bertz CT molecular complexity index is 999. The Labute approximate surface area is 181 Å². The van der Waals surface area contributed by atoms with Crippen molar-refractivity contribution in [1.82, 2.24) is 4.90 Å². The zero-order valence-electron chi connectivity index (χ0n) is 18.0. The molecule has 31 heavy (non-hydrogen) atoms. The average molecular weight is 425 g/mol. The second kappa shape index (κ2) is 9.70. The Morgan fingerprint density at radius 3 is 2.61 bits per heavy atom. The van der Waals surface area contributed by atoms with Gasteiger partial charge in [0.05, 0.1) is 11.0 Å². The molecular formula is C23H27N3O5. The normalized spacial score (nSPS) is 15.5. The van der Waals surface area contributed by atoms with Crippen LogP contribution in [0.5, 0.6) is 0 Å². The number of carbonyl (C=O) groups is 2. The first kappa shape index (κ1) is 22.4. The summed E-state index contributed by atoms with van der Waals surface area (Å²) in [5.41, 5.74) is 3.40. The number of benzene rings is 2. The number of nitro groups is 1. The van der Waals surface area contributed by atoms with Gasteiger partial charge in [-0.1, -0.05) is 12.1 Å². The number of hydrogen-bond acceptors (Lipinski definition) is 5. The van der Waals surface area contributed by atoms with Crippen LogP contribution in [0.15, 0.2) is 36.4 Å². The topological polar surface area (TPSA) is 102 Å². The van der Waals surface area contributed by atoms with Crippen molar-refractivity contribution in [2.24, 2.45) is 0 Å². The Kier molecular flexibility index (Phi) is 7.02. The first-order chi connectivity index (χ1) is 14.8. The summed E-state index contributed by atoms with van der Waals surface area (Å²) in [7, 11) is 0. The van der Waals surface area contributed by atoms with Crippen LogP contribution in [0.2, 0.25) is 0 Å². The van der Waals surface area contributed by atoms with E-state index in [0.717, 1.165) is 24.0 Å². The lowest BCUT2D eigenvalue weighted by atomic mass is 10.1. The SMILES string of the molecule is Cc1cc(C(=O)N(CC(=O)Nc2cccc(C)c2C)CC2CCCO2)ccc1[N+](=O)[O-]. The highest BCUT2D eigenvalue weighted by molar-refractivity contribution is 6.00. The molecule has 0 saturated carbocycles. The Hall–Kier alpha value is -3.26. The number of nitrogens with one attached hydrogen (secondary N) is 1. The van der Waals surface area contributed by atoms with Gasteiger partial charge in [0.25, 0.3) is 11.6 Å². The lowest BCUT2D eigenvalue weighted by Gasteiger charge is -2.25. The summed E-state index contributed by atoms with van der Waals surface area (Å²) < 4.78 is 5.66. The van der Waals surface area contributed by atoms with E-state index in [-0.39, 0.29) is 36.7 Å². The first-order valence-electron chi connectivity index (χ1n) is 10.3. The third kappa shape index (κ3) is 5.46. The zero-order chi connectivity index (χ0) is 22.5. The van der Waals surface area contributed by atoms with Crippen LogP contribution in [0, 0.1) is 30.9 Å². The van der Waals surface area contributed by atoms with Crippen molar-refractivity contribution in [2.75, 3.05) is 25.0 Å². The van der Waals surface area contributed by atoms with E-state index in [1.54, 1.807) is 6.92 Å². The number of carbonyl (C=O) groups excluding carboxylic acids is 2. The molecule has 3 rings (SSSR count). The van der Waals surface area contributed by atoms with Crippen LogP contribution in [0.4, 0.5) is 11.4 Å². The molecule has 1 aliphatic rings. The van der Waals surface area contributed by atoms with E-state index in [1.165, 1.54) is 23.1 Å². The fourth-order valence-corrected chi connectivity index (χ4v) is 3.68. The molecular weight excluding hydrogens is 398 g/mol. The first-order valence-corrected chi connectivity index (χ1v) is 10.3. The van der Waals surface area contributed by atoms with Crippen molar-refractivity contribution in [3.05, 3.63) is 68.8 Å². The molecule has 2 amide bonds. The summed E-state index contributed by atoms with van der Waals surface area (Å²) in [6.45, 7) is 6.27. The molecule has 0 aromatic heterocycles. The molecule has 2 aromatic carbocycles. The van der Waals surface area contributed by atoms with Gasteiger partial charge in [0, 0.05) is 36.0 Å². The summed E-state index contributed by atoms with van der Waals surface area (Å²) in [6, 6.07) is 9.90. The quantitative estimate of drug-likeness (QED) is 0.537. The molecule has 1 heterocycles. The van der Waals surface area contributed by atoms with E-state index in [0.29, 0.717) is 23.4 Å². The second-order valence-corrected chi connectivity index (χ2v) is 7.87. The Morgan fingerprint density at radius 2 is 1.97 bits per heavy atom. The maximum Gasteiger partial charge on any atom is 0.272 e. The maximum absolute atomic E-state index is 13.2. The van der Waals surface area contributed by atoms with Crippen LogP contribution < -0.4 is 5.32 Å². The lowest BCUT2D eigenvalue weighted by Crippen LogP contribution is -2.42. The number of nitrogens with zero attached hydrogens (tertiary/aromatic N) is 2. The van der Waals surface area contributed by atoms with Crippen LogP contribution in [0.1, 0.15) is 39.9 Å². The molecule has 1 aliphatic heterocycles. The highest BCUT2D eigenvalue weighted by atomic mass is 16.6. The lowest BCUT2D eigenvalue weighted by molar-refractivity contribution is -0.385. The molecule has 0 aliphatic carbocycles. The third-order valence-electron chi connectivity index (χ3n) is 5.59. The van der Waals surface area contributed by atoms with E-state index in [9.17, 15) is 19.7 Å². The molecule has 1 unspecified atom stereocenters. The molecule has 0 spiro atoms. The van der Waals surface area contributed by atoms with E-state index < -0.39 is 4.92 Å². The number of ether oxygens (including phenoxy) is 1. The fourth-order valence-electron chi connectivity index (χ4n) is 3.68. The standard InChI is InChI=1S/C23H27N3O5/c1-15-6-4-8-20(17(15)3)24-22(27)14-25(13-19-7-5-11-31-19)23(28)18-9-10-21(26(29)30)16(2)12-18/h4,6,8-10,12,19H,5,7,11,13-14H2,1-3H3,(H,24,27). The van der Waals surface area contributed by atoms with Crippen molar-refractivity contribution in [3.63, 3.8) is 0 Å².